The molecule has 352 valence electrons. The third-order valence-electron chi connectivity index (χ3n) is 12.1. The van der Waals surface area contributed by atoms with E-state index in [2.05, 4.69) is 25.4 Å². The summed E-state index contributed by atoms with van der Waals surface area (Å²) < 4.78 is 40.5. The average Bonchev–Trinajstić information content (AvgIpc) is 4.06. The van der Waals surface area contributed by atoms with Gasteiger partial charge in [-0.1, -0.05) is 45.0 Å². The first-order valence-corrected chi connectivity index (χ1v) is 23.3. The van der Waals surface area contributed by atoms with Gasteiger partial charge in [0.15, 0.2) is 0 Å². The number of nitrogens with zero attached hydrogens (tertiary/aromatic N) is 6. The molecule has 0 aliphatic rings. The van der Waals surface area contributed by atoms with Crippen molar-refractivity contribution >= 4 is 33.6 Å². The summed E-state index contributed by atoms with van der Waals surface area (Å²) in [6, 6.07) is 22.2. The van der Waals surface area contributed by atoms with Crippen molar-refractivity contribution in [2.75, 3.05) is 26.3 Å². The van der Waals surface area contributed by atoms with E-state index in [9.17, 15) is 18.4 Å². The zero-order chi connectivity index (χ0) is 48.5. The molecule has 4 aromatic carbocycles. The van der Waals surface area contributed by atoms with Crippen molar-refractivity contribution in [2.24, 2.45) is 0 Å². The van der Waals surface area contributed by atoms with Crippen LogP contribution in [0.3, 0.4) is 0 Å². The quantitative estimate of drug-likeness (QED) is 0.0919. The fourth-order valence-corrected chi connectivity index (χ4v) is 8.65. The lowest BCUT2D eigenvalue weighted by molar-refractivity contribution is 0.0685. The summed E-state index contributed by atoms with van der Waals surface area (Å²) in [6.45, 7) is 17.0. The van der Waals surface area contributed by atoms with Gasteiger partial charge >= 0.3 is 0 Å². The molecule has 0 bridgehead atoms. The standard InChI is InChI=1S/C52H52F2N8O4.C2H6/c1-7-21-61(51(63)36-16-18-40(47(25-36)65-8-2)34-12-10-14-38(53)23-34)32(5)44-28-56-46(45-30-58-60-50(44)45)20-22-62(33(6)43-27-55-31(4)42-29-57-59-49(42)43)52(64)37-17-19-41(48(26-37)66-9-3)35-13-11-15-39(54)24-35;1-2/h10-19,23-30,32-33H,7-9,20-22H2,1-6H3,(H,57,59)(H,58,60);1-2H3. The first-order valence-electron chi connectivity index (χ1n) is 23.3. The van der Waals surface area contributed by atoms with Crippen LogP contribution in [0.1, 0.15) is 110 Å². The molecule has 8 aromatic rings. The molecule has 0 saturated heterocycles. The van der Waals surface area contributed by atoms with E-state index in [1.807, 2.05) is 66.4 Å². The second-order valence-corrected chi connectivity index (χ2v) is 16.2. The van der Waals surface area contributed by atoms with Crippen molar-refractivity contribution in [1.82, 2.24) is 40.2 Å². The highest BCUT2D eigenvalue weighted by Crippen LogP contribution is 2.37. The smallest absolute Gasteiger partial charge is 0.254 e. The second-order valence-electron chi connectivity index (χ2n) is 16.2. The van der Waals surface area contributed by atoms with E-state index in [0.29, 0.717) is 83.2 Å². The van der Waals surface area contributed by atoms with Crippen LogP contribution in [0.5, 0.6) is 11.5 Å². The predicted octanol–water partition coefficient (Wildman–Crippen LogP) is 12.0. The maximum atomic E-state index is 14.9. The van der Waals surface area contributed by atoms with Crippen LogP contribution in [0, 0.1) is 18.6 Å². The number of H-pyrrole nitrogens is 2. The first-order chi connectivity index (χ1) is 33.0. The zero-order valence-electron chi connectivity index (χ0n) is 39.9. The molecule has 68 heavy (non-hydrogen) atoms. The Morgan fingerprint density at radius 1 is 0.632 bits per heavy atom. The Morgan fingerprint density at radius 2 is 1.12 bits per heavy atom. The molecule has 0 aliphatic heterocycles. The minimum Gasteiger partial charge on any atom is -0.493 e. The first kappa shape index (κ1) is 48.5. The summed E-state index contributed by atoms with van der Waals surface area (Å²) in [5.41, 5.74) is 8.13. The van der Waals surface area contributed by atoms with Gasteiger partial charge in [0.25, 0.3) is 11.8 Å². The van der Waals surface area contributed by atoms with Gasteiger partial charge in [-0.05, 0) is 113 Å². The summed E-state index contributed by atoms with van der Waals surface area (Å²) in [4.78, 5) is 42.5. The Bertz CT molecular complexity index is 3040. The largest absolute Gasteiger partial charge is 0.493 e. The lowest BCUT2D eigenvalue weighted by Crippen LogP contribution is -2.36. The van der Waals surface area contributed by atoms with Crippen molar-refractivity contribution in [1.29, 1.82) is 0 Å². The van der Waals surface area contributed by atoms with Gasteiger partial charge in [0, 0.05) is 81.8 Å². The summed E-state index contributed by atoms with van der Waals surface area (Å²) >= 11 is 0. The van der Waals surface area contributed by atoms with E-state index in [1.165, 1.54) is 24.3 Å². The Kier molecular flexibility index (Phi) is 15.6. The van der Waals surface area contributed by atoms with Gasteiger partial charge in [-0.25, -0.2) is 8.78 Å². The molecule has 14 heteroatoms. The number of pyridine rings is 2. The Hall–Kier alpha value is -7.48. The number of benzene rings is 4. The molecular formula is C54H58F2N8O4. The zero-order valence-corrected chi connectivity index (χ0v) is 39.9. The van der Waals surface area contributed by atoms with Crippen molar-refractivity contribution in [3.8, 4) is 33.8 Å². The molecule has 0 aliphatic carbocycles. The normalized spacial score (nSPS) is 12.0. The minimum absolute atomic E-state index is 0.190. The van der Waals surface area contributed by atoms with Gasteiger partial charge < -0.3 is 19.3 Å². The van der Waals surface area contributed by atoms with Crippen LogP contribution in [-0.2, 0) is 6.42 Å². The third-order valence-corrected chi connectivity index (χ3v) is 12.1. The van der Waals surface area contributed by atoms with Gasteiger partial charge in [0.2, 0.25) is 0 Å². The highest BCUT2D eigenvalue weighted by atomic mass is 19.1. The van der Waals surface area contributed by atoms with Crippen molar-refractivity contribution in [3.63, 3.8) is 0 Å². The van der Waals surface area contributed by atoms with Gasteiger partial charge in [-0.15, -0.1) is 0 Å². The molecule has 8 rings (SSSR count). The average molecular weight is 921 g/mol. The highest BCUT2D eigenvalue weighted by molar-refractivity contribution is 5.97. The van der Waals surface area contributed by atoms with Crippen LogP contribution >= 0.6 is 0 Å². The van der Waals surface area contributed by atoms with Gasteiger partial charge in [-0.2, -0.15) is 10.2 Å². The SMILES string of the molecule is CC.CCCN(C(=O)c1ccc(-c2cccc(F)c2)c(OCC)c1)C(C)c1cnc(CCN(C(=O)c2ccc(-c3cccc(F)c3)c(OCC)c2)C(C)c2cnc(C)c3cn[nH]c23)c2cn[nH]c12. The molecule has 4 heterocycles. The number of aromatic amines is 2. The maximum absolute atomic E-state index is 14.9. The van der Waals surface area contributed by atoms with E-state index in [-0.39, 0.29) is 30.0 Å². The van der Waals surface area contributed by atoms with Crippen LogP contribution in [0.25, 0.3) is 44.1 Å². The number of hydrogen-bond donors (Lipinski definition) is 2. The highest BCUT2D eigenvalue weighted by Gasteiger charge is 2.29. The summed E-state index contributed by atoms with van der Waals surface area (Å²) in [7, 11) is 0. The lowest BCUT2D eigenvalue weighted by Gasteiger charge is -2.31. The van der Waals surface area contributed by atoms with E-state index in [4.69, 9.17) is 14.5 Å². The van der Waals surface area contributed by atoms with Crippen molar-refractivity contribution in [3.05, 3.63) is 155 Å². The maximum Gasteiger partial charge on any atom is 0.254 e. The second kappa shape index (κ2) is 21.9. The van der Waals surface area contributed by atoms with Crippen molar-refractivity contribution < 1.29 is 27.8 Å². The van der Waals surface area contributed by atoms with Gasteiger partial charge in [0.1, 0.15) is 23.1 Å². The summed E-state index contributed by atoms with van der Waals surface area (Å²) in [5.74, 6) is -0.215. The van der Waals surface area contributed by atoms with Crippen molar-refractivity contribution in [2.45, 2.75) is 80.3 Å². The minimum atomic E-state index is -0.467. The Labute approximate surface area is 395 Å². The molecular weight excluding hydrogens is 863 g/mol. The molecule has 4 aromatic heterocycles. The van der Waals surface area contributed by atoms with E-state index in [0.717, 1.165) is 38.6 Å². The number of aryl methyl sites for hydroxylation is 1. The molecule has 2 N–H and O–H groups in total. The monoisotopic (exact) mass is 920 g/mol. The number of fused-ring (bicyclic) bond motifs is 2. The number of ether oxygens (including phenoxy) is 2. The molecule has 2 unspecified atom stereocenters. The predicted molar refractivity (Wildman–Crippen MR) is 263 cm³/mol. The number of aromatic nitrogens is 6. The number of carbonyl (C=O) groups is 2. The van der Waals surface area contributed by atoms with E-state index >= 15 is 0 Å². The van der Waals surface area contributed by atoms with Crippen LogP contribution in [0.4, 0.5) is 8.78 Å². The molecule has 0 spiro atoms. The van der Waals surface area contributed by atoms with Crippen LogP contribution in [-0.4, -0.2) is 78.3 Å². The number of nitrogens with one attached hydrogen (secondary N) is 2. The van der Waals surface area contributed by atoms with Crippen LogP contribution in [0.15, 0.2) is 110 Å². The van der Waals surface area contributed by atoms with Crippen LogP contribution in [0.2, 0.25) is 0 Å². The fourth-order valence-electron chi connectivity index (χ4n) is 8.65. The molecule has 0 saturated carbocycles. The number of halogens is 2. The molecule has 2 atom stereocenters. The molecule has 0 fully saturated rings. The Balaban J connectivity index is 0.00000338. The summed E-state index contributed by atoms with van der Waals surface area (Å²) in [6.07, 6.45) is 8.09. The third kappa shape index (κ3) is 10.1. The summed E-state index contributed by atoms with van der Waals surface area (Å²) in [5, 5.41) is 16.7. The van der Waals surface area contributed by atoms with Gasteiger partial charge in [0.05, 0.1) is 54.4 Å². The topological polar surface area (TPSA) is 142 Å². The number of rotatable bonds is 17. The lowest BCUT2D eigenvalue weighted by atomic mass is 9.99. The number of carbonyl (C=O) groups excluding carboxylic acids is 2. The molecule has 2 amide bonds. The number of amides is 2. The Morgan fingerprint density at radius 3 is 1.62 bits per heavy atom. The molecule has 12 nitrogen and oxygen atoms in total. The van der Waals surface area contributed by atoms with Crippen LogP contribution < -0.4 is 9.47 Å². The number of hydrogen-bond acceptors (Lipinski definition) is 8. The van der Waals surface area contributed by atoms with E-state index in [1.54, 1.807) is 84.3 Å². The van der Waals surface area contributed by atoms with Gasteiger partial charge in [-0.3, -0.25) is 29.8 Å². The fraction of sp³-hybridized carbons (Fsp3) is 0.296. The van der Waals surface area contributed by atoms with E-state index < -0.39 is 12.1 Å². The molecule has 0 radical (unpaired) electrons.